The zero-order valence-corrected chi connectivity index (χ0v) is 36.5. The second-order valence-electron chi connectivity index (χ2n) is 16.8. The molecule has 4 heterocycles. The van der Waals surface area contributed by atoms with E-state index in [1.54, 1.807) is 0 Å². The van der Waals surface area contributed by atoms with Gasteiger partial charge >= 0.3 is 0 Å². The number of thiophene rings is 2. The molecule has 65 heavy (non-hydrogen) atoms. The molecular formula is C60H36N2OS2. The van der Waals surface area contributed by atoms with E-state index in [4.69, 9.17) is 4.42 Å². The second-order valence-corrected chi connectivity index (χ2v) is 18.9. The van der Waals surface area contributed by atoms with Crippen LogP contribution in [0.4, 0.5) is 17.1 Å². The SMILES string of the molecule is c1ccc2c(c1)oc1c(-c3ccc(N(c4cc(-c5ccc(-n6c7ccccc7c7ccccc76)cc5)c5sc6ccccc6c5c4)c4cccc5c4sc4ccccc45)cc3)cccc12. The zero-order chi connectivity index (χ0) is 42.6. The highest BCUT2D eigenvalue weighted by Crippen LogP contribution is 2.49. The number of para-hydroxylation sites is 4. The highest BCUT2D eigenvalue weighted by atomic mass is 32.1. The van der Waals surface area contributed by atoms with Crippen molar-refractivity contribution in [3.63, 3.8) is 0 Å². The maximum Gasteiger partial charge on any atom is 0.143 e. The van der Waals surface area contributed by atoms with Gasteiger partial charge in [-0.1, -0.05) is 146 Å². The second kappa shape index (κ2) is 14.3. The molecule has 14 rings (SSSR count). The van der Waals surface area contributed by atoms with Gasteiger partial charge in [0.2, 0.25) is 0 Å². The molecule has 14 aromatic rings. The Hall–Kier alpha value is -7.96. The van der Waals surface area contributed by atoms with Crippen LogP contribution in [-0.2, 0) is 0 Å². The van der Waals surface area contributed by atoms with Crippen molar-refractivity contribution in [1.82, 2.24) is 4.57 Å². The third-order valence-corrected chi connectivity index (χ3v) is 15.6. The molecule has 5 heteroatoms. The predicted molar refractivity (Wildman–Crippen MR) is 279 cm³/mol. The Kier molecular flexibility index (Phi) is 8.02. The van der Waals surface area contributed by atoms with Crippen molar-refractivity contribution in [2.75, 3.05) is 4.90 Å². The fourth-order valence-corrected chi connectivity index (χ4v) is 12.7. The third-order valence-electron chi connectivity index (χ3n) is 13.2. The van der Waals surface area contributed by atoms with Gasteiger partial charge in [0.25, 0.3) is 0 Å². The highest BCUT2D eigenvalue weighted by molar-refractivity contribution is 7.26. The maximum absolute atomic E-state index is 6.51. The quantitative estimate of drug-likeness (QED) is 0.166. The lowest BCUT2D eigenvalue weighted by Crippen LogP contribution is -2.10. The molecule has 10 aromatic carbocycles. The first kappa shape index (κ1) is 36.5. The van der Waals surface area contributed by atoms with Gasteiger partial charge in [-0.15, -0.1) is 22.7 Å². The number of hydrogen-bond donors (Lipinski definition) is 0. The van der Waals surface area contributed by atoms with Crippen LogP contribution in [0.1, 0.15) is 0 Å². The van der Waals surface area contributed by atoms with E-state index < -0.39 is 0 Å². The molecule has 0 aliphatic carbocycles. The Bertz CT molecular complexity index is 4130. The number of anilines is 3. The summed E-state index contributed by atoms with van der Waals surface area (Å²) < 4.78 is 14.0. The summed E-state index contributed by atoms with van der Waals surface area (Å²) in [6.07, 6.45) is 0. The van der Waals surface area contributed by atoms with Gasteiger partial charge in [-0.25, -0.2) is 0 Å². The highest BCUT2D eigenvalue weighted by Gasteiger charge is 2.23. The lowest BCUT2D eigenvalue weighted by molar-refractivity contribution is 0.670. The molecule has 4 aromatic heterocycles. The number of benzene rings is 10. The van der Waals surface area contributed by atoms with Crippen LogP contribution in [0, 0.1) is 0 Å². The van der Waals surface area contributed by atoms with Gasteiger partial charge < -0.3 is 13.9 Å². The fraction of sp³-hybridized carbons (Fsp3) is 0. The maximum atomic E-state index is 6.51. The lowest BCUT2D eigenvalue weighted by atomic mass is 9.99. The minimum atomic E-state index is 0.905. The van der Waals surface area contributed by atoms with E-state index in [0.717, 1.165) is 55.8 Å². The van der Waals surface area contributed by atoms with Crippen molar-refractivity contribution in [3.05, 3.63) is 218 Å². The number of furan rings is 1. The monoisotopic (exact) mass is 864 g/mol. The van der Waals surface area contributed by atoms with E-state index in [0.29, 0.717) is 0 Å². The smallest absolute Gasteiger partial charge is 0.143 e. The zero-order valence-electron chi connectivity index (χ0n) is 34.9. The summed E-state index contributed by atoms with van der Waals surface area (Å²) in [6.45, 7) is 0. The minimum Gasteiger partial charge on any atom is -0.455 e. The summed E-state index contributed by atoms with van der Waals surface area (Å²) in [7, 11) is 0. The molecule has 0 atom stereocenters. The molecule has 0 N–H and O–H groups in total. The number of nitrogens with zero attached hydrogens (tertiary/aromatic N) is 2. The Labute approximate surface area is 381 Å². The summed E-state index contributed by atoms with van der Waals surface area (Å²) in [4.78, 5) is 2.48. The largest absolute Gasteiger partial charge is 0.455 e. The summed E-state index contributed by atoms with van der Waals surface area (Å²) in [5, 5.41) is 9.87. The Morgan fingerprint density at radius 1 is 0.369 bits per heavy atom. The first-order valence-corrected chi connectivity index (χ1v) is 23.6. The number of aromatic nitrogens is 1. The number of hydrogen-bond acceptors (Lipinski definition) is 4. The molecule has 0 saturated carbocycles. The van der Waals surface area contributed by atoms with E-state index in [1.807, 2.05) is 28.7 Å². The predicted octanol–water partition coefficient (Wildman–Crippen LogP) is 18.2. The standard InChI is InChI=1S/C60H36N2OS2/c1-6-21-52-43(13-1)44-14-2-7-22-53(44)62(52)40-33-29-38(30-34-40)50-35-41(36-51-47-17-5-10-26-57(47)64-59(50)51)61(54-23-12-20-49-46-16-4-9-25-56(46)65-60(49)54)39-31-27-37(28-32-39)42-18-11-19-48-45-15-3-8-24-55(45)63-58(42)48/h1-36H. The molecule has 0 radical (unpaired) electrons. The molecule has 0 amide bonds. The number of fused-ring (bicyclic) bond motifs is 12. The van der Waals surface area contributed by atoms with Gasteiger partial charge in [0, 0.05) is 85.4 Å². The minimum absolute atomic E-state index is 0.905. The molecule has 0 aliphatic heterocycles. The molecule has 0 spiro atoms. The topological polar surface area (TPSA) is 21.3 Å². The Balaban J connectivity index is 0.978. The summed E-state index contributed by atoms with van der Waals surface area (Å²) in [6, 6.07) is 79.7. The molecular weight excluding hydrogens is 829 g/mol. The van der Waals surface area contributed by atoms with Crippen LogP contribution < -0.4 is 4.90 Å². The Morgan fingerprint density at radius 2 is 0.923 bits per heavy atom. The summed E-state index contributed by atoms with van der Waals surface area (Å²) >= 11 is 3.74. The van der Waals surface area contributed by atoms with Crippen LogP contribution in [0.25, 0.3) is 112 Å². The van der Waals surface area contributed by atoms with Gasteiger partial charge in [0.1, 0.15) is 11.2 Å². The normalized spacial score (nSPS) is 12.0. The van der Waals surface area contributed by atoms with Crippen molar-refractivity contribution in [1.29, 1.82) is 0 Å². The van der Waals surface area contributed by atoms with Crippen molar-refractivity contribution < 1.29 is 4.42 Å². The van der Waals surface area contributed by atoms with Crippen LogP contribution in [0.3, 0.4) is 0 Å². The first-order chi connectivity index (χ1) is 32.2. The third kappa shape index (κ3) is 5.59. The molecule has 0 saturated heterocycles. The van der Waals surface area contributed by atoms with Gasteiger partial charge in [-0.2, -0.15) is 0 Å². The Morgan fingerprint density at radius 3 is 1.66 bits per heavy atom. The molecule has 304 valence electrons. The summed E-state index contributed by atoms with van der Waals surface area (Å²) in [5.74, 6) is 0. The molecule has 0 aliphatic rings. The van der Waals surface area contributed by atoms with Crippen LogP contribution in [-0.4, -0.2) is 4.57 Å². The van der Waals surface area contributed by atoms with Crippen molar-refractivity contribution in [2.24, 2.45) is 0 Å². The molecule has 0 bridgehead atoms. The van der Waals surface area contributed by atoms with Crippen LogP contribution in [0.5, 0.6) is 0 Å². The van der Waals surface area contributed by atoms with Gasteiger partial charge in [0.05, 0.1) is 21.4 Å². The van der Waals surface area contributed by atoms with Crippen molar-refractivity contribution in [3.8, 4) is 27.9 Å². The van der Waals surface area contributed by atoms with Gasteiger partial charge in [0.15, 0.2) is 0 Å². The van der Waals surface area contributed by atoms with Crippen molar-refractivity contribution in [2.45, 2.75) is 0 Å². The summed E-state index contributed by atoms with van der Waals surface area (Å²) in [5.41, 5.74) is 13.3. The first-order valence-electron chi connectivity index (χ1n) is 22.0. The average Bonchev–Trinajstić information content (AvgIpc) is 4.14. The van der Waals surface area contributed by atoms with Crippen LogP contribution >= 0.6 is 22.7 Å². The molecule has 0 fully saturated rings. The average molecular weight is 865 g/mol. The van der Waals surface area contributed by atoms with E-state index in [1.165, 1.54) is 73.3 Å². The van der Waals surface area contributed by atoms with E-state index in [-0.39, 0.29) is 0 Å². The van der Waals surface area contributed by atoms with Crippen LogP contribution in [0.2, 0.25) is 0 Å². The molecule has 3 nitrogen and oxygen atoms in total. The van der Waals surface area contributed by atoms with E-state index >= 15 is 0 Å². The lowest BCUT2D eigenvalue weighted by Gasteiger charge is -2.27. The molecule has 0 unspecified atom stereocenters. The van der Waals surface area contributed by atoms with Crippen LogP contribution in [0.15, 0.2) is 223 Å². The van der Waals surface area contributed by atoms with E-state index in [2.05, 4.69) is 222 Å². The number of rotatable bonds is 6. The van der Waals surface area contributed by atoms with Gasteiger partial charge in [-0.3, -0.25) is 0 Å². The fourth-order valence-electron chi connectivity index (χ4n) is 10.2. The van der Waals surface area contributed by atoms with E-state index in [9.17, 15) is 0 Å². The van der Waals surface area contributed by atoms with Crippen molar-refractivity contribution >= 4 is 124 Å². The van der Waals surface area contributed by atoms with Gasteiger partial charge in [-0.05, 0) is 83.9 Å².